The van der Waals surface area contributed by atoms with E-state index < -0.39 is 5.60 Å². The first kappa shape index (κ1) is 13.8. The zero-order valence-corrected chi connectivity index (χ0v) is 11.3. The van der Waals surface area contributed by atoms with Crippen LogP contribution in [0.4, 0.5) is 0 Å². The third-order valence-electron chi connectivity index (χ3n) is 3.37. The van der Waals surface area contributed by atoms with Crippen LogP contribution < -0.4 is 9.47 Å². The average molecular weight is 238 g/mol. The highest BCUT2D eigenvalue weighted by Gasteiger charge is 2.34. The summed E-state index contributed by atoms with van der Waals surface area (Å²) in [5.41, 5.74) is -0.100. The highest BCUT2D eigenvalue weighted by Crippen LogP contribution is 2.40. The molecule has 0 spiro atoms. The second-order valence-electron chi connectivity index (χ2n) is 4.50. The van der Waals surface area contributed by atoms with Gasteiger partial charge in [0.1, 0.15) is 11.5 Å². The summed E-state index contributed by atoms with van der Waals surface area (Å²) < 4.78 is 10.5. The Labute approximate surface area is 103 Å². The molecule has 0 aliphatic rings. The molecule has 1 N–H and O–H groups in total. The van der Waals surface area contributed by atoms with Crippen LogP contribution in [0.15, 0.2) is 18.2 Å². The van der Waals surface area contributed by atoms with Gasteiger partial charge in [-0.25, -0.2) is 0 Å². The fourth-order valence-corrected chi connectivity index (χ4v) is 2.06. The van der Waals surface area contributed by atoms with Gasteiger partial charge in [-0.1, -0.05) is 20.8 Å². The van der Waals surface area contributed by atoms with Gasteiger partial charge >= 0.3 is 0 Å². The summed E-state index contributed by atoms with van der Waals surface area (Å²) in [5.74, 6) is 1.53. The maximum Gasteiger partial charge on any atom is 0.125 e. The Morgan fingerprint density at radius 2 is 1.88 bits per heavy atom. The Kier molecular flexibility index (Phi) is 4.40. The van der Waals surface area contributed by atoms with E-state index in [-0.39, 0.29) is 5.92 Å². The molecule has 0 bridgehead atoms. The van der Waals surface area contributed by atoms with Crippen LogP contribution in [0.3, 0.4) is 0 Å². The number of hydrogen-bond acceptors (Lipinski definition) is 3. The van der Waals surface area contributed by atoms with Crippen molar-refractivity contribution < 1.29 is 14.6 Å². The summed E-state index contributed by atoms with van der Waals surface area (Å²) in [6.07, 6.45) is 0.633. The zero-order valence-electron chi connectivity index (χ0n) is 11.3. The zero-order chi connectivity index (χ0) is 13.1. The van der Waals surface area contributed by atoms with E-state index in [1.807, 2.05) is 39.0 Å². The van der Waals surface area contributed by atoms with Gasteiger partial charge in [0.05, 0.1) is 19.8 Å². The Morgan fingerprint density at radius 3 is 2.29 bits per heavy atom. The minimum Gasteiger partial charge on any atom is -0.497 e. The van der Waals surface area contributed by atoms with Crippen LogP contribution in [-0.4, -0.2) is 19.3 Å². The number of aliphatic hydroxyl groups is 1. The molecule has 0 heterocycles. The number of rotatable bonds is 5. The molecule has 1 aromatic rings. The maximum absolute atomic E-state index is 10.8. The SMILES string of the molecule is CCC(O)(c1cc(OC)ccc1OC)C(C)C. The van der Waals surface area contributed by atoms with Gasteiger partial charge in [-0.2, -0.15) is 0 Å². The molecule has 0 radical (unpaired) electrons. The quantitative estimate of drug-likeness (QED) is 0.857. The summed E-state index contributed by atoms with van der Waals surface area (Å²) >= 11 is 0. The predicted octanol–water partition coefficient (Wildman–Crippen LogP) is 2.96. The van der Waals surface area contributed by atoms with E-state index in [2.05, 4.69) is 0 Å². The van der Waals surface area contributed by atoms with Crippen LogP contribution in [0.2, 0.25) is 0 Å². The van der Waals surface area contributed by atoms with Gasteiger partial charge in [0.15, 0.2) is 0 Å². The largest absolute Gasteiger partial charge is 0.497 e. The molecular formula is C14H22O3. The fraction of sp³-hybridized carbons (Fsp3) is 0.571. The van der Waals surface area contributed by atoms with Crippen molar-refractivity contribution in [3.8, 4) is 11.5 Å². The molecule has 1 aromatic carbocycles. The van der Waals surface area contributed by atoms with Crippen molar-refractivity contribution in [2.24, 2.45) is 5.92 Å². The molecule has 3 heteroatoms. The number of ether oxygens (including phenoxy) is 2. The smallest absolute Gasteiger partial charge is 0.125 e. The van der Waals surface area contributed by atoms with E-state index in [9.17, 15) is 5.11 Å². The third kappa shape index (κ3) is 2.55. The van der Waals surface area contributed by atoms with Crippen LogP contribution in [0.1, 0.15) is 32.8 Å². The molecule has 0 saturated carbocycles. The lowest BCUT2D eigenvalue weighted by atomic mass is 9.80. The van der Waals surface area contributed by atoms with Crippen molar-refractivity contribution >= 4 is 0 Å². The van der Waals surface area contributed by atoms with Crippen LogP contribution in [0.5, 0.6) is 11.5 Å². The second kappa shape index (κ2) is 5.41. The molecule has 0 aliphatic carbocycles. The first-order valence-electron chi connectivity index (χ1n) is 5.94. The molecule has 0 aliphatic heterocycles. The van der Waals surface area contributed by atoms with E-state index in [1.54, 1.807) is 14.2 Å². The van der Waals surface area contributed by atoms with Gasteiger partial charge in [-0.15, -0.1) is 0 Å². The van der Waals surface area contributed by atoms with Gasteiger partial charge in [0, 0.05) is 5.56 Å². The second-order valence-corrected chi connectivity index (χ2v) is 4.50. The van der Waals surface area contributed by atoms with Crippen LogP contribution in [0, 0.1) is 5.92 Å². The monoisotopic (exact) mass is 238 g/mol. The molecule has 0 fully saturated rings. The Bertz CT molecular complexity index is 374. The normalized spacial score (nSPS) is 14.5. The molecule has 1 atom stereocenters. The predicted molar refractivity (Wildman–Crippen MR) is 68.6 cm³/mol. The molecule has 1 unspecified atom stereocenters. The van der Waals surface area contributed by atoms with Gasteiger partial charge in [-0.3, -0.25) is 0 Å². The van der Waals surface area contributed by atoms with Gasteiger partial charge in [-0.05, 0) is 30.5 Å². The lowest BCUT2D eigenvalue weighted by Gasteiger charge is -2.33. The molecule has 0 saturated heterocycles. The minimum atomic E-state index is -0.889. The summed E-state index contributed by atoms with van der Waals surface area (Å²) in [7, 11) is 3.23. The number of methoxy groups -OCH3 is 2. The topological polar surface area (TPSA) is 38.7 Å². The highest BCUT2D eigenvalue weighted by atomic mass is 16.5. The van der Waals surface area contributed by atoms with Crippen LogP contribution in [-0.2, 0) is 5.60 Å². The first-order valence-corrected chi connectivity index (χ1v) is 5.94. The molecule has 3 nitrogen and oxygen atoms in total. The molecular weight excluding hydrogens is 216 g/mol. The van der Waals surface area contributed by atoms with Crippen LogP contribution in [0.25, 0.3) is 0 Å². The number of hydrogen-bond donors (Lipinski definition) is 1. The van der Waals surface area contributed by atoms with Gasteiger partial charge < -0.3 is 14.6 Å². The van der Waals surface area contributed by atoms with Crippen molar-refractivity contribution in [2.75, 3.05) is 14.2 Å². The van der Waals surface area contributed by atoms with E-state index in [0.29, 0.717) is 12.2 Å². The fourth-order valence-electron chi connectivity index (χ4n) is 2.06. The standard InChI is InChI=1S/C14H22O3/c1-6-14(15,10(2)3)12-9-11(16-4)7-8-13(12)17-5/h7-10,15H,6H2,1-5H3. The Balaban J connectivity index is 3.34. The van der Waals surface area contributed by atoms with E-state index in [0.717, 1.165) is 11.3 Å². The first-order chi connectivity index (χ1) is 7.99. The van der Waals surface area contributed by atoms with Crippen molar-refractivity contribution in [1.82, 2.24) is 0 Å². The molecule has 0 amide bonds. The van der Waals surface area contributed by atoms with Crippen molar-refractivity contribution in [1.29, 1.82) is 0 Å². The Hall–Kier alpha value is -1.22. The minimum absolute atomic E-state index is 0.105. The molecule has 1 rings (SSSR count). The molecule has 0 aromatic heterocycles. The van der Waals surface area contributed by atoms with Crippen molar-refractivity contribution in [3.05, 3.63) is 23.8 Å². The van der Waals surface area contributed by atoms with Gasteiger partial charge in [0.2, 0.25) is 0 Å². The Morgan fingerprint density at radius 1 is 1.24 bits per heavy atom. The third-order valence-corrected chi connectivity index (χ3v) is 3.37. The lowest BCUT2D eigenvalue weighted by Crippen LogP contribution is -2.31. The molecule has 96 valence electrons. The molecule has 17 heavy (non-hydrogen) atoms. The summed E-state index contributed by atoms with van der Waals surface area (Å²) in [6, 6.07) is 5.51. The van der Waals surface area contributed by atoms with E-state index >= 15 is 0 Å². The van der Waals surface area contributed by atoms with E-state index in [1.165, 1.54) is 0 Å². The van der Waals surface area contributed by atoms with Gasteiger partial charge in [0.25, 0.3) is 0 Å². The average Bonchev–Trinajstić information content (AvgIpc) is 2.36. The summed E-state index contributed by atoms with van der Waals surface area (Å²) in [6.45, 7) is 5.98. The highest BCUT2D eigenvalue weighted by molar-refractivity contribution is 5.44. The van der Waals surface area contributed by atoms with Crippen molar-refractivity contribution in [3.63, 3.8) is 0 Å². The van der Waals surface area contributed by atoms with Crippen LogP contribution >= 0.6 is 0 Å². The lowest BCUT2D eigenvalue weighted by molar-refractivity contribution is -0.0160. The number of benzene rings is 1. The summed E-state index contributed by atoms with van der Waals surface area (Å²) in [4.78, 5) is 0. The maximum atomic E-state index is 10.8. The van der Waals surface area contributed by atoms with E-state index in [4.69, 9.17) is 9.47 Å². The summed E-state index contributed by atoms with van der Waals surface area (Å²) in [5, 5.41) is 10.8. The van der Waals surface area contributed by atoms with Crippen molar-refractivity contribution in [2.45, 2.75) is 32.8 Å².